The van der Waals surface area contributed by atoms with E-state index in [4.69, 9.17) is 0 Å². The van der Waals surface area contributed by atoms with Gasteiger partial charge in [-0.25, -0.2) is 14.8 Å². The smallest absolute Gasteiger partial charge is 0.335 e. The van der Waals surface area contributed by atoms with Gasteiger partial charge in [-0.3, -0.25) is 4.79 Å². The predicted molar refractivity (Wildman–Crippen MR) is 181 cm³/mol. The molecule has 2 N–H and O–H groups in total. The first-order valence-corrected chi connectivity index (χ1v) is 19.6. The molecule has 2 saturated carbocycles. The molecule has 1 aromatic rings. The molecule has 0 spiro atoms. The van der Waals surface area contributed by atoms with E-state index in [0.29, 0.717) is 39.9 Å². The zero-order valence-corrected chi connectivity index (χ0v) is 28.7. The molecule has 4 fully saturated rings. The van der Waals surface area contributed by atoms with E-state index in [-0.39, 0.29) is 16.2 Å². The summed E-state index contributed by atoms with van der Waals surface area (Å²) in [6.07, 6.45) is 17.2. The molecule has 4 nitrogen and oxygen atoms in total. The number of hydrogen-bond donors (Lipinski definition) is 2. The number of amides is 1. The van der Waals surface area contributed by atoms with E-state index in [0.717, 1.165) is 37.5 Å². The summed E-state index contributed by atoms with van der Waals surface area (Å²) >= 11 is 0. The van der Waals surface area contributed by atoms with E-state index in [1.807, 2.05) is 12.1 Å². The summed E-state index contributed by atoms with van der Waals surface area (Å²) in [6.45, 7) is 15.6. The Bertz CT molecular complexity index is 1300. The standard InChI is InChI=1S/C38H57NO3S/c1-25(2)17-23-39-34(42)38-19-8-9-32(38)43(7)24-18-30-36(5)20-14-28(26-10-12-27(13-11-26)33(40)41)35(3,4)29(36)15-21-37(30,6)31(43)16-22-38/h10-14,25,29-32H,8-9,15-24H2,1-7H3,(H,39,42)(H,40,41)/t29?,30?,31?,32?,36-,37+,38-/m0/s1. The molecule has 0 radical (unpaired) electrons. The number of nitrogens with one attached hydrogen (secondary N) is 1. The van der Waals surface area contributed by atoms with E-state index >= 15 is 0 Å². The van der Waals surface area contributed by atoms with Gasteiger partial charge >= 0.3 is 5.97 Å². The molecule has 2 aliphatic heterocycles. The quantitative estimate of drug-likeness (QED) is 0.339. The molecule has 2 saturated heterocycles. The van der Waals surface area contributed by atoms with Gasteiger partial charge in [-0.15, -0.1) is 0 Å². The van der Waals surface area contributed by atoms with E-state index in [1.165, 1.54) is 55.4 Å². The summed E-state index contributed by atoms with van der Waals surface area (Å²) in [5.41, 5.74) is 3.48. The number of aromatic carboxylic acids is 1. The third-order valence-electron chi connectivity index (χ3n) is 14.0. The van der Waals surface area contributed by atoms with Gasteiger partial charge < -0.3 is 10.4 Å². The molecule has 1 aromatic carbocycles. The molecule has 43 heavy (non-hydrogen) atoms. The fourth-order valence-electron chi connectivity index (χ4n) is 12.1. The first-order chi connectivity index (χ1) is 20.2. The number of carboxylic acids is 1. The number of allylic oxidation sites excluding steroid dienone is 2. The van der Waals surface area contributed by atoms with Crippen LogP contribution in [0, 0.1) is 39.4 Å². The molecule has 3 aliphatic carbocycles. The fourth-order valence-corrected chi connectivity index (χ4v) is 18.1. The molecule has 5 unspecified atom stereocenters. The molecule has 8 atom stereocenters. The van der Waals surface area contributed by atoms with Gasteiger partial charge in [-0.05, 0) is 132 Å². The third-order valence-corrected chi connectivity index (χ3v) is 19.2. The lowest BCUT2D eigenvalue weighted by atomic mass is 9.42. The van der Waals surface area contributed by atoms with Crippen LogP contribution in [0.25, 0.3) is 5.57 Å². The number of rotatable bonds is 6. The first kappa shape index (κ1) is 31.2. The monoisotopic (exact) mass is 607 g/mol. The van der Waals surface area contributed by atoms with Crippen LogP contribution in [0.1, 0.15) is 122 Å². The van der Waals surface area contributed by atoms with Crippen LogP contribution in [-0.2, 0) is 4.79 Å². The van der Waals surface area contributed by atoms with Crippen LogP contribution >= 0.6 is 10.0 Å². The van der Waals surface area contributed by atoms with Gasteiger partial charge in [-0.1, -0.05) is 66.2 Å². The topological polar surface area (TPSA) is 66.4 Å². The minimum Gasteiger partial charge on any atom is -0.478 e. The SMILES string of the molecule is CC(C)CCNC(=O)[C@]12CCCC1S1(C)CCC3[C@@]4(C)CC=C(c5ccc(C(=O)O)cc5)C(C)(C)C4CC[C@@]3(C)C1CC2. The molecule has 0 aromatic heterocycles. The summed E-state index contributed by atoms with van der Waals surface area (Å²) in [6, 6.07) is 7.58. The van der Waals surface area contributed by atoms with Crippen LogP contribution in [0.4, 0.5) is 0 Å². The molecule has 1 amide bonds. The number of carbonyl (C=O) groups is 2. The second kappa shape index (κ2) is 10.7. The highest BCUT2D eigenvalue weighted by molar-refractivity contribution is 8.34. The normalized spacial score (nSPS) is 42.8. The Labute approximate surface area is 262 Å². The zero-order chi connectivity index (χ0) is 31.0. The second-order valence-corrected chi connectivity index (χ2v) is 20.8. The summed E-state index contributed by atoms with van der Waals surface area (Å²) in [4.78, 5) is 25.4. The van der Waals surface area contributed by atoms with Crippen molar-refractivity contribution in [3.63, 3.8) is 0 Å². The van der Waals surface area contributed by atoms with E-state index in [2.05, 4.69) is 59.2 Å². The third kappa shape index (κ3) is 4.59. The van der Waals surface area contributed by atoms with Gasteiger partial charge in [-0.2, -0.15) is 0 Å². The number of fused-ring (bicyclic) bond motifs is 7. The lowest BCUT2D eigenvalue weighted by Gasteiger charge is -2.72. The van der Waals surface area contributed by atoms with Crippen LogP contribution in [-0.4, -0.2) is 46.0 Å². The maximum absolute atomic E-state index is 13.9. The predicted octanol–water partition coefficient (Wildman–Crippen LogP) is 8.94. The molecule has 6 rings (SSSR count). The lowest BCUT2D eigenvalue weighted by molar-refractivity contribution is -0.132. The van der Waals surface area contributed by atoms with Crippen molar-refractivity contribution >= 4 is 27.5 Å². The highest BCUT2D eigenvalue weighted by Gasteiger charge is 2.68. The molecule has 5 heteroatoms. The van der Waals surface area contributed by atoms with Crippen molar-refractivity contribution in [3.8, 4) is 0 Å². The van der Waals surface area contributed by atoms with Crippen LogP contribution in [0.2, 0.25) is 0 Å². The van der Waals surface area contributed by atoms with Crippen molar-refractivity contribution in [1.29, 1.82) is 0 Å². The van der Waals surface area contributed by atoms with Gasteiger partial charge in [0, 0.05) is 11.8 Å². The summed E-state index contributed by atoms with van der Waals surface area (Å²) in [5, 5.41) is 14.2. The van der Waals surface area contributed by atoms with E-state index in [9.17, 15) is 14.7 Å². The maximum Gasteiger partial charge on any atom is 0.335 e. The van der Waals surface area contributed by atoms with Crippen molar-refractivity contribution < 1.29 is 14.7 Å². The average Bonchev–Trinajstić information content (AvgIpc) is 3.39. The van der Waals surface area contributed by atoms with Gasteiger partial charge in [0.2, 0.25) is 5.91 Å². The Morgan fingerprint density at radius 1 is 0.930 bits per heavy atom. The number of hydrogen-bond acceptors (Lipinski definition) is 2. The summed E-state index contributed by atoms with van der Waals surface area (Å²) in [5.74, 6) is 2.82. The minimum absolute atomic E-state index is 0.0356. The van der Waals surface area contributed by atoms with Crippen LogP contribution in [0.3, 0.4) is 0 Å². The molecular formula is C38H57NO3S. The number of carboxylic acid groups (broad SMARTS) is 1. The van der Waals surface area contributed by atoms with Crippen molar-refractivity contribution in [3.05, 3.63) is 41.5 Å². The van der Waals surface area contributed by atoms with Gasteiger partial charge in [0.25, 0.3) is 0 Å². The van der Waals surface area contributed by atoms with E-state index in [1.54, 1.807) is 12.1 Å². The Kier molecular flexibility index (Phi) is 7.75. The van der Waals surface area contributed by atoms with Crippen molar-refractivity contribution in [2.24, 2.45) is 39.4 Å². The van der Waals surface area contributed by atoms with Crippen LogP contribution < -0.4 is 5.32 Å². The maximum atomic E-state index is 13.9. The molecule has 0 bridgehead atoms. The van der Waals surface area contributed by atoms with E-state index < -0.39 is 16.0 Å². The Balaban J connectivity index is 1.28. The largest absolute Gasteiger partial charge is 0.478 e. The highest BCUT2D eigenvalue weighted by Crippen LogP contribution is 2.79. The first-order valence-electron chi connectivity index (χ1n) is 17.3. The fraction of sp³-hybridized carbons (Fsp3) is 0.737. The van der Waals surface area contributed by atoms with Gasteiger partial charge in [0.1, 0.15) is 0 Å². The number of carbonyl (C=O) groups excluding carboxylic acids is 1. The molecule has 5 aliphatic rings. The van der Waals surface area contributed by atoms with Gasteiger partial charge in [0.15, 0.2) is 0 Å². The van der Waals surface area contributed by atoms with Crippen LogP contribution in [0.5, 0.6) is 0 Å². The molecular weight excluding hydrogens is 550 g/mol. The number of benzene rings is 1. The summed E-state index contributed by atoms with van der Waals surface area (Å²) < 4.78 is 0. The van der Waals surface area contributed by atoms with Gasteiger partial charge in [0.05, 0.1) is 11.0 Å². The lowest BCUT2D eigenvalue weighted by Crippen LogP contribution is -2.64. The second-order valence-electron chi connectivity index (χ2n) is 16.8. The average molecular weight is 608 g/mol. The Morgan fingerprint density at radius 2 is 1.65 bits per heavy atom. The Hall–Kier alpha value is -1.75. The highest BCUT2D eigenvalue weighted by atomic mass is 32.3. The molecule has 2 heterocycles. The van der Waals surface area contributed by atoms with Crippen molar-refractivity contribution in [2.75, 3.05) is 18.6 Å². The Morgan fingerprint density at radius 3 is 2.33 bits per heavy atom. The zero-order valence-electron chi connectivity index (χ0n) is 27.9. The minimum atomic E-state index is -0.916. The van der Waals surface area contributed by atoms with Crippen LogP contribution in [0.15, 0.2) is 30.3 Å². The summed E-state index contributed by atoms with van der Waals surface area (Å²) in [7, 11) is -0.916. The van der Waals surface area contributed by atoms with Crippen molar-refractivity contribution in [1.82, 2.24) is 5.32 Å². The molecule has 238 valence electrons. The van der Waals surface area contributed by atoms with Crippen molar-refractivity contribution in [2.45, 2.75) is 116 Å².